The lowest BCUT2D eigenvalue weighted by Gasteiger charge is -2.09. The van der Waals surface area contributed by atoms with Crippen LogP contribution in [-0.4, -0.2) is 45.5 Å². The molecule has 9 nitrogen and oxygen atoms in total. The van der Waals surface area contributed by atoms with Crippen molar-refractivity contribution >= 4 is 23.0 Å². The molecule has 0 saturated heterocycles. The lowest BCUT2D eigenvalue weighted by Crippen LogP contribution is -2.33. The number of hydrogen-bond donors (Lipinski definition) is 1. The molecular weight excluding hydrogens is 347 g/mol. The SMILES string of the molecule is COc1nc2c(N)nc(OCCC3CC3)nc2n1OC(=O)C(F)(F)F. The molecule has 0 unspecified atom stereocenters. The summed E-state index contributed by atoms with van der Waals surface area (Å²) >= 11 is 0. The van der Waals surface area contributed by atoms with Crippen molar-refractivity contribution in [1.29, 1.82) is 0 Å². The number of methoxy groups -OCH3 is 1. The van der Waals surface area contributed by atoms with E-state index in [1.54, 1.807) is 0 Å². The predicted molar refractivity (Wildman–Crippen MR) is 76.8 cm³/mol. The Balaban J connectivity index is 1.92. The van der Waals surface area contributed by atoms with Gasteiger partial charge in [0.25, 0.3) is 0 Å². The van der Waals surface area contributed by atoms with Crippen LogP contribution in [0.4, 0.5) is 19.0 Å². The van der Waals surface area contributed by atoms with E-state index in [1.807, 2.05) is 0 Å². The fourth-order valence-corrected chi connectivity index (χ4v) is 2.05. The van der Waals surface area contributed by atoms with Gasteiger partial charge >= 0.3 is 24.2 Å². The number of nitrogens with two attached hydrogens (primary N) is 1. The number of ether oxygens (including phenoxy) is 2. The molecular formula is C13H14F3N5O4. The smallest absolute Gasteiger partial charge is 0.466 e. The molecule has 25 heavy (non-hydrogen) atoms. The molecule has 1 fully saturated rings. The Bertz CT molecular complexity index is 803. The van der Waals surface area contributed by atoms with E-state index in [0.717, 1.165) is 26.4 Å². The molecule has 0 atom stereocenters. The summed E-state index contributed by atoms with van der Waals surface area (Å²) in [4.78, 5) is 27.0. The summed E-state index contributed by atoms with van der Waals surface area (Å²) in [5.74, 6) is -2.00. The highest BCUT2D eigenvalue weighted by molar-refractivity contribution is 5.84. The molecule has 0 radical (unpaired) electrons. The van der Waals surface area contributed by atoms with Crippen molar-refractivity contribution in [2.45, 2.75) is 25.4 Å². The molecule has 2 N–H and O–H groups in total. The molecule has 1 aliphatic carbocycles. The van der Waals surface area contributed by atoms with Crippen LogP contribution in [0.5, 0.6) is 12.0 Å². The third-order valence-electron chi connectivity index (χ3n) is 3.49. The standard InChI is InChI=1S/C13H14F3N5O4/c1-23-12-18-7-8(17)19-11(24-5-4-6-2-3-6)20-9(7)21(12)25-10(22)13(14,15)16/h6H,2-5H2,1H3,(H2,17,19,20). The summed E-state index contributed by atoms with van der Waals surface area (Å²) in [5, 5.41) is 0. The van der Waals surface area contributed by atoms with Gasteiger partial charge in [-0.15, -0.1) is 0 Å². The van der Waals surface area contributed by atoms with Gasteiger partial charge in [-0.1, -0.05) is 17.6 Å². The van der Waals surface area contributed by atoms with Crippen LogP contribution in [0.1, 0.15) is 19.3 Å². The van der Waals surface area contributed by atoms with Crippen LogP contribution in [0, 0.1) is 5.92 Å². The van der Waals surface area contributed by atoms with E-state index < -0.39 is 18.2 Å². The highest BCUT2D eigenvalue weighted by Gasteiger charge is 2.43. The number of halogens is 3. The molecule has 1 saturated carbocycles. The van der Waals surface area contributed by atoms with E-state index in [-0.39, 0.29) is 23.0 Å². The zero-order valence-corrected chi connectivity index (χ0v) is 13.0. The Morgan fingerprint density at radius 2 is 2.04 bits per heavy atom. The van der Waals surface area contributed by atoms with Gasteiger partial charge < -0.3 is 20.0 Å². The second kappa shape index (κ2) is 6.26. The van der Waals surface area contributed by atoms with Gasteiger partial charge in [-0.05, 0) is 12.3 Å². The lowest BCUT2D eigenvalue weighted by molar-refractivity contribution is -0.199. The van der Waals surface area contributed by atoms with Crippen molar-refractivity contribution < 1.29 is 32.3 Å². The molecule has 0 bridgehead atoms. The number of carbonyl (C=O) groups excluding carboxylic acids is 1. The summed E-state index contributed by atoms with van der Waals surface area (Å²) in [6, 6.07) is -0.596. The van der Waals surface area contributed by atoms with E-state index in [4.69, 9.17) is 15.2 Å². The van der Waals surface area contributed by atoms with Crippen LogP contribution < -0.4 is 20.0 Å². The maximum atomic E-state index is 12.5. The molecule has 2 aromatic heterocycles. The average molecular weight is 361 g/mol. The monoisotopic (exact) mass is 361 g/mol. The van der Waals surface area contributed by atoms with Crippen molar-refractivity contribution in [2.75, 3.05) is 19.5 Å². The van der Waals surface area contributed by atoms with E-state index in [0.29, 0.717) is 17.3 Å². The molecule has 136 valence electrons. The summed E-state index contributed by atoms with van der Waals surface area (Å²) in [6.07, 6.45) is -2.11. The molecule has 12 heteroatoms. The number of aromatic nitrogens is 4. The minimum Gasteiger partial charge on any atom is -0.466 e. The summed E-state index contributed by atoms with van der Waals surface area (Å²) < 4.78 is 47.9. The van der Waals surface area contributed by atoms with Crippen molar-refractivity contribution in [3.63, 3.8) is 0 Å². The first-order valence-corrected chi connectivity index (χ1v) is 7.32. The molecule has 0 spiro atoms. The number of rotatable bonds is 6. The largest absolute Gasteiger partial charge is 0.493 e. The second-order valence-electron chi connectivity index (χ2n) is 5.41. The number of nitrogen functional groups attached to an aromatic ring is 1. The maximum Gasteiger partial charge on any atom is 0.493 e. The third-order valence-corrected chi connectivity index (χ3v) is 3.49. The zero-order valence-electron chi connectivity index (χ0n) is 13.0. The minimum absolute atomic E-state index is 0.0821. The minimum atomic E-state index is -5.20. The van der Waals surface area contributed by atoms with Gasteiger partial charge in [-0.2, -0.15) is 28.1 Å². The van der Waals surface area contributed by atoms with E-state index in [9.17, 15) is 18.0 Å². The third kappa shape index (κ3) is 3.67. The normalized spacial score (nSPS) is 14.6. The van der Waals surface area contributed by atoms with Crippen molar-refractivity contribution in [2.24, 2.45) is 5.92 Å². The Morgan fingerprint density at radius 3 is 2.64 bits per heavy atom. The van der Waals surface area contributed by atoms with Crippen LogP contribution in [0.3, 0.4) is 0 Å². The molecule has 3 rings (SSSR count). The number of anilines is 1. The van der Waals surface area contributed by atoms with Gasteiger partial charge in [0, 0.05) is 0 Å². The molecule has 2 aromatic rings. The Labute approximate surface area is 138 Å². The lowest BCUT2D eigenvalue weighted by atomic mass is 10.3. The molecule has 0 aliphatic heterocycles. The summed E-state index contributed by atoms with van der Waals surface area (Å²) in [6.45, 7) is 0.337. The average Bonchev–Trinajstić information content (AvgIpc) is 3.28. The number of hydrogen-bond acceptors (Lipinski definition) is 8. The first-order valence-electron chi connectivity index (χ1n) is 7.32. The first kappa shape index (κ1) is 17.0. The van der Waals surface area contributed by atoms with Gasteiger partial charge in [0.1, 0.15) is 0 Å². The van der Waals surface area contributed by atoms with Crippen LogP contribution in [-0.2, 0) is 4.79 Å². The van der Waals surface area contributed by atoms with Crippen LogP contribution in [0.25, 0.3) is 11.2 Å². The van der Waals surface area contributed by atoms with Gasteiger partial charge in [0.15, 0.2) is 11.3 Å². The molecule has 0 amide bonds. The van der Waals surface area contributed by atoms with Crippen molar-refractivity contribution in [3.8, 4) is 12.0 Å². The number of fused-ring (bicyclic) bond motifs is 1. The van der Waals surface area contributed by atoms with Gasteiger partial charge in [-0.25, -0.2) is 4.79 Å². The van der Waals surface area contributed by atoms with Crippen LogP contribution >= 0.6 is 0 Å². The van der Waals surface area contributed by atoms with Gasteiger partial charge in [-0.3, -0.25) is 0 Å². The predicted octanol–water partition coefficient (Wildman–Crippen LogP) is 1.11. The van der Waals surface area contributed by atoms with E-state index in [1.165, 1.54) is 0 Å². The van der Waals surface area contributed by atoms with Crippen molar-refractivity contribution in [3.05, 3.63) is 0 Å². The number of alkyl halides is 3. The number of imidazole rings is 1. The summed E-state index contributed by atoms with van der Waals surface area (Å²) in [7, 11) is 1.13. The Morgan fingerprint density at radius 1 is 1.32 bits per heavy atom. The maximum absolute atomic E-state index is 12.5. The quantitative estimate of drug-likeness (QED) is 0.814. The fraction of sp³-hybridized carbons (Fsp3) is 0.538. The van der Waals surface area contributed by atoms with Crippen LogP contribution in [0.2, 0.25) is 0 Å². The zero-order chi connectivity index (χ0) is 18.2. The highest BCUT2D eigenvalue weighted by Crippen LogP contribution is 2.32. The number of carbonyl (C=O) groups is 1. The fourth-order valence-electron chi connectivity index (χ4n) is 2.05. The Hall–Kier alpha value is -2.79. The summed E-state index contributed by atoms with van der Waals surface area (Å²) in [5.41, 5.74) is 5.37. The van der Waals surface area contributed by atoms with Gasteiger partial charge in [0.2, 0.25) is 5.65 Å². The number of nitrogens with zero attached hydrogens (tertiary/aromatic N) is 4. The first-order chi connectivity index (χ1) is 11.8. The molecule has 0 aromatic carbocycles. The topological polar surface area (TPSA) is 114 Å². The molecule has 1 aliphatic rings. The van der Waals surface area contributed by atoms with Crippen LogP contribution in [0.15, 0.2) is 0 Å². The van der Waals surface area contributed by atoms with E-state index >= 15 is 0 Å². The Kier molecular flexibility index (Phi) is 4.27. The second-order valence-corrected chi connectivity index (χ2v) is 5.41. The van der Waals surface area contributed by atoms with Gasteiger partial charge in [0.05, 0.1) is 13.7 Å². The highest BCUT2D eigenvalue weighted by atomic mass is 19.4. The molecule has 2 heterocycles. The van der Waals surface area contributed by atoms with E-state index in [2.05, 4.69) is 19.8 Å². The van der Waals surface area contributed by atoms with Crippen molar-refractivity contribution in [1.82, 2.24) is 19.7 Å².